The van der Waals surface area contributed by atoms with Crippen LogP contribution < -0.4 is 5.32 Å². The Morgan fingerprint density at radius 3 is 2.53 bits per heavy atom. The SMILES string of the molecule is OC1(Cc2c(F)cccc2F)CCNC1. The molecule has 2 nitrogen and oxygen atoms in total. The summed E-state index contributed by atoms with van der Waals surface area (Å²) in [6, 6.07) is 3.75. The minimum atomic E-state index is -1.01. The first-order valence-electron chi connectivity index (χ1n) is 4.97. The Hall–Kier alpha value is -1.00. The summed E-state index contributed by atoms with van der Waals surface area (Å²) in [6.45, 7) is 1.08. The first-order valence-corrected chi connectivity index (χ1v) is 4.97. The van der Waals surface area contributed by atoms with E-state index in [1.165, 1.54) is 18.2 Å². The fourth-order valence-electron chi connectivity index (χ4n) is 1.91. The molecule has 0 saturated carbocycles. The van der Waals surface area contributed by atoms with Gasteiger partial charge in [-0.25, -0.2) is 8.78 Å². The molecule has 82 valence electrons. The smallest absolute Gasteiger partial charge is 0.129 e. The Labute approximate surface area is 86.9 Å². The van der Waals surface area contributed by atoms with E-state index < -0.39 is 17.2 Å². The number of hydrogen-bond donors (Lipinski definition) is 2. The third-order valence-corrected chi connectivity index (χ3v) is 2.79. The number of halogens is 2. The van der Waals surface area contributed by atoms with Gasteiger partial charge in [0.25, 0.3) is 0 Å². The van der Waals surface area contributed by atoms with Crippen molar-refractivity contribution < 1.29 is 13.9 Å². The molecule has 1 atom stereocenters. The van der Waals surface area contributed by atoms with Gasteiger partial charge in [-0.3, -0.25) is 0 Å². The standard InChI is InChI=1S/C11H13F2NO/c12-9-2-1-3-10(13)8(9)6-11(15)4-5-14-7-11/h1-3,14-15H,4-7H2. The zero-order valence-corrected chi connectivity index (χ0v) is 8.26. The van der Waals surface area contributed by atoms with Crippen LogP contribution in [0.1, 0.15) is 12.0 Å². The van der Waals surface area contributed by atoms with E-state index in [0.29, 0.717) is 19.5 Å². The second-order valence-electron chi connectivity index (χ2n) is 4.03. The summed E-state index contributed by atoms with van der Waals surface area (Å²) >= 11 is 0. The molecule has 0 bridgehead atoms. The van der Waals surface area contributed by atoms with Gasteiger partial charge in [-0.05, 0) is 25.1 Å². The fraction of sp³-hybridized carbons (Fsp3) is 0.455. The van der Waals surface area contributed by atoms with Crippen molar-refractivity contribution in [2.75, 3.05) is 13.1 Å². The van der Waals surface area contributed by atoms with Crippen LogP contribution in [0.25, 0.3) is 0 Å². The van der Waals surface area contributed by atoms with Gasteiger partial charge in [0.05, 0.1) is 5.60 Å². The van der Waals surface area contributed by atoms with E-state index in [2.05, 4.69) is 5.32 Å². The monoisotopic (exact) mass is 213 g/mol. The molecule has 15 heavy (non-hydrogen) atoms. The van der Waals surface area contributed by atoms with Crippen molar-refractivity contribution in [2.24, 2.45) is 0 Å². The Balaban J connectivity index is 2.23. The van der Waals surface area contributed by atoms with Gasteiger partial charge in [-0.15, -0.1) is 0 Å². The molecule has 0 amide bonds. The minimum Gasteiger partial charge on any atom is -0.388 e. The third-order valence-electron chi connectivity index (χ3n) is 2.79. The predicted molar refractivity (Wildman–Crippen MR) is 52.5 cm³/mol. The Morgan fingerprint density at radius 2 is 2.00 bits per heavy atom. The van der Waals surface area contributed by atoms with Crippen molar-refractivity contribution in [1.82, 2.24) is 5.32 Å². The van der Waals surface area contributed by atoms with Crippen molar-refractivity contribution in [3.8, 4) is 0 Å². The number of hydrogen-bond acceptors (Lipinski definition) is 2. The summed E-state index contributed by atoms with van der Waals surface area (Å²) in [5, 5.41) is 13.0. The molecule has 1 fully saturated rings. The minimum absolute atomic E-state index is 0.0244. The highest BCUT2D eigenvalue weighted by molar-refractivity contribution is 5.22. The van der Waals surface area contributed by atoms with Crippen LogP contribution in [0.4, 0.5) is 8.78 Å². The lowest BCUT2D eigenvalue weighted by molar-refractivity contribution is 0.0600. The highest BCUT2D eigenvalue weighted by Crippen LogP contribution is 2.23. The van der Waals surface area contributed by atoms with Crippen molar-refractivity contribution in [2.45, 2.75) is 18.4 Å². The Kier molecular flexibility index (Phi) is 2.71. The number of aliphatic hydroxyl groups is 1. The largest absolute Gasteiger partial charge is 0.388 e. The van der Waals surface area contributed by atoms with E-state index in [1.54, 1.807) is 0 Å². The van der Waals surface area contributed by atoms with Gasteiger partial charge in [-0.2, -0.15) is 0 Å². The summed E-state index contributed by atoms with van der Waals surface area (Å²) in [5.74, 6) is -1.18. The molecule has 4 heteroatoms. The first-order chi connectivity index (χ1) is 7.11. The normalized spacial score (nSPS) is 25.8. The average molecular weight is 213 g/mol. The highest BCUT2D eigenvalue weighted by Gasteiger charge is 2.32. The van der Waals surface area contributed by atoms with Gasteiger partial charge >= 0.3 is 0 Å². The number of nitrogens with one attached hydrogen (secondary N) is 1. The van der Waals surface area contributed by atoms with Crippen LogP contribution in [-0.4, -0.2) is 23.8 Å². The quantitative estimate of drug-likeness (QED) is 0.774. The maximum Gasteiger partial charge on any atom is 0.129 e. The summed E-state index contributed by atoms with van der Waals surface area (Å²) in [7, 11) is 0. The van der Waals surface area contributed by atoms with Crippen LogP contribution in [0.5, 0.6) is 0 Å². The second-order valence-corrected chi connectivity index (χ2v) is 4.03. The van der Waals surface area contributed by atoms with Crippen LogP contribution >= 0.6 is 0 Å². The summed E-state index contributed by atoms with van der Waals surface area (Å²) in [5.41, 5.74) is -1.04. The molecule has 1 aliphatic heterocycles. The van der Waals surface area contributed by atoms with Gasteiger partial charge in [-0.1, -0.05) is 6.07 Å². The molecule has 1 unspecified atom stereocenters. The molecule has 0 aromatic heterocycles. The summed E-state index contributed by atoms with van der Waals surface area (Å²) in [6.07, 6.45) is 0.555. The molecule has 2 rings (SSSR count). The zero-order valence-electron chi connectivity index (χ0n) is 8.26. The van der Waals surface area contributed by atoms with Crippen molar-refractivity contribution >= 4 is 0 Å². The van der Waals surface area contributed by atoms with Gasteiger partial charge in [0, 0.05) is 18.5 Å². The molecule has 2 N–H and O–H groups in total. The van der Waals surface area contributed by atoms with Gasteiger partial charge < -0.3 is 10.4 Å². The molecule has 0 radical (unpaired) electrons. The molecule has 0 aliphatic carbocycles. The molecule has 1 saturated heterocycles. The van der Waals surface area contributed by atoms with Gasteiger partial charge in [0.15, 0.2) is 0 Å². The number of benzene rings is 1. The number of β-amino-alcohol motifs (C(OH)–C–C–N with tert-alkyl or cyclic N) is 1. The van der Waals surface area contributed by atoms with Crippen molar-refractivity contribution in [3.05, 3.63) is 35.4 Å². The van der Waals surface area contributed by atoms with Crippen LogP contribution in [0.15, 0.2) is 18.2 Å². The van der Waals surface area contributed by atoms with E-state index in [4.69, 9.17) is 0 Å². The van der Waals surface area contributed by atoms with Crippen LogP contribution in [0.3, 0.4) is 0 Å². The highest BCUT2D eigenvalue weighted by atomic mass is 19.1. The topological polar surface area (TPSA) is 32.3 Å². The molecule has 1 aromatic carbocycles. The maximum absolute atomic E-state index is 13.3. The van der Waals surface area contributed by atoms with Crippen molar-refractivity contribution in [3.63, 3.8) is 0 Å². The Bertz CT molecular complexity index is 341. The summed E-state index contributed by atoms with van der Waals surface area (Å²) in [4.78, 5) is 0. The van der Waals surface area contributed by atoms with E-state index in [0.717, 1.165) is 0 Å². The average Bonchev–Trinajstić information content (AvgIpc) is 2.60. The molecule has 1 aliphatic rings. The Morgan fingerprint density at radius 1 is 1.33 bits per heavy atom. The summed E-state index contributed by atoms with van der Waals surface area (Å²) < 4.78 is 26.6. The lowest BCUT2D eigenvalue weighted by Crippen LogP contribution is -2.34. The first kappa shape index (κ1) is 10.5. The van der Waals surface area contributed by atoms with E-state index in [-0.39, 0.29) is 12.0 Å². The molecular weight excluding hydrogens is 200 g/mol. The van der Waals surface area contributed by atoms with E-state index >= 15 is 0 Å². The van der Waals surface area contributed by atoms with Gasteiger partial charge in [0.1, 0.15) is 11.6 Å². The van der Waals surface area contributed by atoms with E-state index in [1.807, 2.05) is 0 Å². The number of rotatable bonds is 2. The molecule has 0 spiro atoms. The lowest BCUT2D eigenvalue weighted by atomic mass is 9.93. The lowest BCUT2D eigenvalue weighted by Gasteiger charge is -2.21. The molecule has 1 heterocycles. The third kappa shape index (κ3) is 2.16. The van der Waals surface area contributed by atoms with Crippen LogP contribution in [0, 0.1) is 11.6 Å². The van der Waals surface area contributed by atoms with Crippen molar-refractivity contribution in [1.29, 1.82) is 0 Å². The fourth-order valence-corrected chi connectivity index (χ4v) is 1.91. The van der Waals surface area contributed by atoms with Gasteiger partial charge in [0.2, 0.25) is 0 Å². The van der Waals surface area contributed by atoms with E-state index in [9.17, 15) is 13.9 Å². The zero-order chi connectivity index (χ0) is 10.9. The molecular formula is C11H13F2NO. The predicted octanol–water partition coefficient (Wildman–Crippen LogP) is 1.23. The maximum atomic E-state index is 13.3. The molecule has 1 aromatic rings. The second kappa shape index (κ2) is 3.87. The van der Waals surface area contributed by atoms with Crippen LogP contribution in [0.2, 0.25) is 0 Å². The van der Waals surface area contributed by atoms with Crippen LogP contribution in [-0.2, 0) is 6.42 Å².